The highest BCUT2D eigenvalue weighted by atomic mass is 19.4. The zero-order chi connectivity index (χ0) is 24.8. The van der Waals surface area contributed by atoms with Crippen molar-refractivity contribution in [2.75, 3.05) is 24.5 Å². The number of anilines is 1. The highest BCUT2D eigenvalue weighted by Gasteiger charge is 2.30. The number of benzene rings is 2. The number of hydrogen-bond donors (Lipinski definition) is 3. The van der Waals surface area contributed by atoms with E-state index < -0.39 is 17.8 Å². The lowest BCUT2D eigenvalue weighted by molar-refractivity contribution is -0.137. The first-order valence-corrected chi connectivity index (χ1v) is 12.1. The van der Waals surface area contributed by atoms with Crippen LogP contribution in [0, 0.1) is 0 Å². The Balaban J connectivity index is 1.25. The molecule has 6 nitrogen and oxygen atoms in total. The van der Waals surface area contributed by atoms with Crippen LogP contribution >= 0.6 is 0 Å². The SMILES string of the molecule is O=C(N[C@H]1CCCCNC1=O)c1ccc(N2CCC(NCc3cccc(C(F)(F)F)c3)CC2)cc1. The summed E-state index contributed by atoms with van der Waals surface area (Å²) in [5, 5.41) is 9.04. The molecule has 0 bridgehead atoms. The van der Waals surface area contributed by atoms with Crippen LogP contribution in [0.1, 0.15) is 53.6 Å². The standard InChI is InChI=1S/C26H31F3N4O2/c27-26(28,29)20-5-3-4-18(16-20)17-31-21-11-14-33(15-12-21)22-9-7-19(8-10-22)24(34)32-23-6-1-2-13-30-25(23)35/h3-5,7-10,16,21,23,31H,1-2,6,11-15,17H2,(H,30,35)(H,32,34)/t23-/m0/s1. The lowest BCUT2D eigenvalue weighted by Gasteiger charge is -2.34. The Bertz CT molecular complexity index is 1020. The van der Waals surface area contributed by atoms with Gasteiger partial charge in [0.25, 0.3) is 5.91 Å². The minimum Gasteiger partial charge on any atom is -0.371 e. The average molecular weight is 489 g/mol. The van der Waals surface area contributed by atoms with E-state index in [1.165, 1.54) is 12.1 Å². The summed E-state index contributed by atoms with van der Waals surface area (Å²) in [6, 6.07) is 12.6. The quantitative estimate of drug-likeness (QED) is 0.578. The number of rotatable bonds is 6. The summed E-state index contributed by atoms with van der Waals surface area (Å²) in [6.07, 6.45) is -0.124. The fourth-order valence-electron chi connectivity index (χ4n) is 4.60. The van der Waals surface area contributed by atoms with E-state index >= 15 is 0 Å². The molecule has 0 radical (unpaired) electrons. The van der Waals surface area contributed by atoms with Gasteiger partial charge in [-0.2, -0.15) is 13.2 Å². The molecule has 2 amide bonds. The molecule has 2 aliphatic rings. The van der Waals surface area contributed by atoms with E-state index in [2.05, 4.69) is 20.9 Å². The van der Waals surface area contributed by atoms with Crippen LogP contribution in [0.3, 0.4) is 0 Å². The van der Waals surface area contributed by atoms with Crippen LogP contribution in [0.2, 0.25) is 0 Å². The predicted molar refractivity (Wildman–Crippen MR) is 128 cm³/mol. The molecule has 0 aliphatic carbocycles. The normalized spacial score (nSPS) is 19.7. The minimum absolute atomic E-state index is 0.128. The molecule has 3 N–H and O–H groups in total. The number of nitrogens with one attached hydrogen (secondary N) is 3. The van der Waals surface area contributed by atoms with Gasteiger partial charge < -0.3 is 20.9 Å². The van der Waals surface area contributed by atoms with E-state index in [9.17, 15) is 22.8 Å². The number of amides is 2. The summed E-state index contributed by atoms with van der Waals surface area (Å²) in [6.45, 7) is 2.68. The number of piperidine rings is 1. The summed E-state index contributed by atoms with van der Waals surface area (Å²) in [5.41, 5.74) is 1.53. The van der Waals surface area contributed by atoms with Gasteiger partial charge in [0.2, 0.25) is 5.91 Å². The maximum absolute atomic E-state index is 12.9. The molecule has 2 aliphatic heterocycles. The predicted octanol–water partition coefficient (Wildman–Crippen LogP) is 3.86. The Morgan fingerprint density at radius 2 is 1.77 bits per heavy atom. The fraction of sp³-hybridized carbons (Fsp3) is 0.462. The molecule has 2 aromatic rings. The van der Waals surface area contributed by atoms with Gasteiger partial charge in [-0.3, -0.25) is 9.59 Å². The molecule has 35 heavy (non-hydrogen) atoms. The van der Waals surface area contributed by atoms with Crippen molar-refractivity contribution in [1.29, 1.82) is 0 Å². The van der Waals surface area contributed by atoms with Gasteiger partial charge in [0, 0.05) is 43.5 Å². The van der Waals surface area contributed by atoms with Gasteiger partial charge in [0.15, 0.2) is 0 Å². The molecule has 2 fully saturated rings. The largest absolute Gasteiger partial charge is 0.416 e. The summed E-state index contributed by atoms with van der Waals surface area (Å²) in [7, 11) is 0. The number of carbonyl (C=O) groups is 2. The van der Waals surface area contributed by atoms with E-state index in [4.69, 9.17) is 0 Å². The van der Waals surface area contributed by atoms with Crippen LogP contribution in [0.25, 0.3) is 0 Å². The van der Waals surface area contributed by atoms with E-state index in [-0.39, 0.29) is 17.9 Å². The highest BCUT2D eigenvalue weighted by Crippen LogP contribution is 2.29. The molecule has 2 aromatic carbocycles. The molecule has 1 atom stereocenters. The Morgan fingerprint density at radius 3 is 2.49 bits per heavy atom. The Kier molecular flexibility index (Phi) is 7.95. The summed E-state index contributed by atoms with van der Waals surface area (Å²) >= 11 is 0. The van der Waals surface area contributed by atoms with E-state index in [0.717, 1.165) is 50.5 Å². The van der Waals surface area contributed by atoms with Crippen molar-refractivity contribution in [3.63, 3.8) is 0 Å². The van der Waals surface area contributed by atoms with Crippen LogP contribution in [0.15, 0.2) is 48.5 Å². The van der Waals surface area contributed by atoms with Gasteiger partial charge in [-0.05, 0) is 68.0 Å². The first kappa shape index (κ1) is 25.0. The molecule has 9 heteroatoms. The van der Waals surface area contributed by atoms with Crippen molar-refractivity contribution >= 4 is 17.5 Å². The molecule has 4 rings (SSSR count). The molecule has 188 valence electrons. The van der Waals surface area contributed by atoms with Gasteiger partial charge >= 0.3 is 6.18 Å². The molecule has 2 heterocycles. The fourth-order valence-corrected chi connectivity index (χ4v) is 4.60. The zero-order valence-electron chi connectivity index (χ0n) is 19.5. The van der Waals surface area contributed by atoms with Gasteiger partial charge in [-0.25, -0.2) is 0 Å². The Labute approximate surface area is 203 Å². The van der Waals surface area contributed by atoms with Crippen molar-refractivity contribution in [3.8, 4) is 0 Å². The van der Waals surface area contributed by atoms with Gasteiger partial charge in [-0.1, -0.05) is 18.2 Å². The molecule has 0 unspecified atom stereocenters. The van der Waals surface area contributed by atoms with Crippen LogP contribution < -0.4 is 20.9 Å². The summed E-state index contributed by atoms with van der Waals surface area (Å²) in [4.78, 5) is 26.9. The molecular formula is C26H31F3N4O2. The van der Waals surface area contributed by atoms with Crippen LogP contribution in [-0.2, 0) is 17.5 Å². The van der Waals surface area contributed by atoms with Crippen LogP contribution in [0.4, 0.5) is 18.9 Å². The van der Waals surface area contributed by atoms with E-state index in [1.54, 1.807) is 18.2 Å². The average Bonchev–Trinajstić information content (AvgIpc) is 3.06. The van der Waals surface area contributed by atoms with Crippen LogP contribution in [-0.4, -0.2) is 43.5 Å². The van der Waals surface area contributed by atoms with Crippen molar-refractivity contribution < 1.29 is 22.8 Å². The number of nitrogens with zero attached hydrogens (tertiary/aromatic N) is 1. The molecule has 2 saturated heterocycles. The number of hydrogen-bond acceptors (Lipinski definition) is 4. The lowest BCUT2D eigenvalue weighted by atomic mass is 10.0. The first-order chi connectivity index (χ1) is 16.8. The third kappa shape index (κ3) is 6.75. The van der Waals surface area contributed by atoms with Gasteiger partial charge in [0.05, 0.1) is 5.56 Å². The van der Waals surface area contributed by atoms with Crippen molar-refractivity contribution in [3.05, 3.63) is 65.2 Å². The second kappa shape index (κ2) is 11.1. The maximum atomic E-state index is 12.9. The minimum atomic E-state index is -4.33. The zero-order valence-corrected chi connectivity index (χ0v) is 19.5. The number of alkyl halides is 3. The molecule has 0 aromatic heterocycles. The maximum Gasteiger partial charge on any atom is 0.416 e. The second-order valence-electron chi connectivity index (χ2n) is 9.20. The topological polar surface area (TPSA) is 73.5 Å². The number of halogens is 3. The monoisotopic (exact) mass is 488 g/mol. The third-order valence-electron chi connectivity index (χ3n) is 6.68. The molecule has 0 spiro atoms. The Hall–Kier alpha value is -3.07. The smallest absolute Gasteiger partial charge is 0.371 e. The van der Waals surface area contributed by atoms with Crippen molar-refractivity contribution in [2.45, 2.75) is 56.9 Å². The van der Waals surface area contributed by atoms with E-state index in [1.807, 2.05) is 12.1 Å². The number of carbonyl (C=O) groups excluding carboxylic acids is 2. The molecular weight excluding hydrogens is 457 g/mol. The summed E-state index contributed by atoms with van der Waals surface area (Å²) in [5.74, 6) is -0.381. The Morgan fingerprint density at radius 1 is 1.03 bits per heavy atom. The van der Waals surface area contributed by atoms with Gasteiger partial charge in [-0.15, -0.1) is 0 Å². The highest BCUT2D eigenvalue weighted by molar-refractivity contribution is 5.97. The van der Waals surface area contributed by atoms with Crippen molar-refractivity contribution in [2.24, 2.45) is 0 Å². The lowest BCUT2D eigenvalue weighted by Crippen LogP contribution is -2.45. The van der Waals surface area contributed by atoms with Crippen LogP contribution in [0.5, 0.6) is 0 Å². The first-order valence-electron chi connectivity index (χ1n) is 12.1. The third-order valence-corrected chi connectivity index (χ3v) is 6.68. The van der Waals surface area contributed by atoms with Gasteiger partial charge in [0.1, 0.15) is 6.04 Å². The van der Waals surface area contributed by atoms with E-state index in [0.29, 0.717) is 30.6 Å². The second-order valence-corrected chi connectivity index (χ2v) is 9.20. The van der Waals surface area contributed by atoms with Crippen molar-refractivity contribution in [1.82, 2.24) is 16.0 Å². The molecule has 0 saturated carbocycles. The summed E-state index contributed by atoms with van der Waals surface area (Å²) < 4.78 is 38.7.